The van der Waals surface area contributed by atoms with Crippen LogP contribution >= 0.6 is 0 Å². The summed E-state index contributed by atoms with van der Waals surface area (Å²) in [4.78, 5) is 25.9. The number of fused-ring (bicyclic) bond motifs is 1. The van der Waals surface area contributed by atoms with Crippen LogP contribution in [0, 0.1) is 6.92 Å². The number of nitrogens with zero attached hydrogens (tertiary/aromatic N) is 1. The van der Waals surface area contributed by atoms with Gasteiger partial charge in [-0.1, -0.05) is 42.8 Å². The molecule has 0 saturated carbocycles. The maximum absolute atomic E-state index is 12.4. The lowest BCUT2D eigenvalue weighted by molar-refractivity contribution is 0.00665. The van der Waals surface area contributed by atoms with Crippen LogP contribution in [0.3, 0.4) is 0 Å². The molecule has 1 unspecified atom stereocenters. The Morgan fingerprint density at radius 3 is 2.27 bits per heavy atom. The second-order valence-corrected chi connectivity index (χ2v) is 7.47. The lowest BCUT2D eigenvalue weighted by Gasteiger charge is -2.28. The second kappa shape index (κ2) is 9.69. The van der Waals surface area contributed by atoms with Crippen molar-refractivity contribution in [2.45, 2.75) is 39.3 Å². The Morgan fingerprint density at radius 2 is 1.70 bits per heavy atom. The number of carbonyl (C=O) groups is 1. The molecule has 158 valence electrons. The summed E-state index contributed by atoms with van der Waals surface area (Å²) in [6.45, 7) is 5.68. The van der Waals surface area contributed by atoms with Crippen molar-refractivity contribution in [1.29, 1.82) is 0 Å². The Bertz CT molecular complexity index is 1070. The quantitative estimate of drug-likeness (QED) is 0.671. The topological polar surface area (TPSA) is 91.0 Å². The minimum Gasteiger partial charge on any atom is -0.478 e. The number of aliphatic hydroxyl groups excluding tert-OH is 1. The Balaban J connectivity index is 0.000000239. The van der Waals surface area contributed by atoms with Crippen LogP contribution in [-0.2, 0) is 0 Å². The lowest BCUT2D eigenvalue weighted by atomic mass is 10.0. The van der Waals surface area contributed by atoms with E-state index in [2.05, 4.69) is 4.90 Å². The number of carboxylic acids is 1. The van der Waals surface area contributed by atoms with Crippen molar-refractivity contribution in [2.24, 2.45) is 0 Å². The van der Waals surface area contributed by atoms with Crippen LogP contribution in [0.2, 0.25) is 0 Å². The number of piperidine rings is 1. The van der Waals surface area contributed by atoms with Gasteiger partial charge in [-0.3, -0.25) is 9.69 Å². The van der Waals surface area contributed by atoms with Crippen molar-refractivity contribution >= 4 is 16.9 Å². The van der Waals surface area contributed by atoms with E-state index in [9.17, 15) is 14.7 Å². The molecule has 0 radical (unpaired) electrons. The molecule has 1 aromatic heterocycles. The highest BCUT2D eigenvalue weighted by molar-refractivity contribution is 6.01. The number of hydrogen-bond donors (Lipinski definition) is 2. The van der Waals surface area contributed by atoms with E-state index in [0.717, 1.165) is 18.7 Å². The third kappa shape index (κ3) is 4.78. The number of hydrogen-bond acceptors (Lipinski definition) is 5. The van der Waals surface area contributed by atoms with Gasteiger partial charge in [-0.05, 0) is 38.8 Å². The first-order valence-corrected chi connectivity index (χ1v) is 10.2. The van der Waals surface area contributed by atoms with E-state index in [4.69, 9.17) is 9.52 Å². The van der Waals surface area contributed by atoms with E-state index in [-0.39, 0.29) is 28.2 Å². The maximum Gasteiger partial charge on any atom is 0.339 e. The van der Waals surface area contributed by atoms with Gasteiger partial charge in [0.2, 0.25) is 0 Å². The van der Waals surface area contributed by atoms with Crippen LogP contribution in [-0.4, -0.2) is 40.4 Å². The van der Waals surface area contributed by atoms with Crippen LogP contribution < -0.4 is 5.43 Å². The highest BCUT2D eigenvalue weighted by Crippen LogP contribution is 2.27. The first-order chi connectivity index (χ1) is 14.4. The van der Waals surface area contributed by atoms with E-state index >= 15 is 0 Å². The molecule has 1 aliphatic rings. The third-order valence-corrected chi connectivity index (χ3v) is 5.33. The van der Waals surface area contributed by atoms with Gasteiger partial charge in [0.05, 0.1) is 5.39 Å². The Labute approximate surface area is 175 Å². The summed E-state index contributed by atoms with van der Waals surface area (Å²) in [5.41, 5.74) is 1.10. The average Bonchev–Trinajstić information content (AvgIpc) is 2.77. The van der Waals surface area contributed by atoms with Crippen LogP contribution in [0.4, 0.5) is 0 Å². The molecule has 6 heteroatoms. The fourth-order valence-corrected chi connectivity index (χ4v) is 3.63. The van der Waals surface area contributed by atoms with Crippen LogP contribution in [0.1, 0.15) is 42.1 Å². The number of rotatable bonds is 3. The van der Waals surface area contributed by atoms with E-state index in [0.29, 0.717) is 11.3 Å². The van der Waals surface area contributed by atoms with Crippen molar-refractivity contribution in [3.05, 3.63) is 69.9 Å². The maximum atomic E-state index is 12.4. The van der Waals surface area contributed by atoms with Gasteiger partial charge in [0.1, 0.15) is 17.6 Å². The van der Waals surface area contributed by atoms with Crippen molar-refractivity contribution in [2.75, 3.05) is 13.1 Å². The zero-order chi connectivity index (χ0) is 21.7. The van der Waals surface area contributed by atoms with Crippen molar-refractivity contribution in [3.63, 3.8) is 0 Å². The molecule has 2 N–H and O–H groups in total. The summed E-state index contributed by atoms with van der Waals surface area (Å²) in [7, 11) is 0. The highest BCUT2D eigenvalue weighted by atomic mass is 16.4. The van der Waals surface area contributed by atoms with Gasteiger partial charge in [0, 0.05) is 24.2 Å². The number of aromatic carboxylic acids is 1. The average molecular weight is 409 g/mol. The minimum absolute atomic E-state index is 0.0122. The summed E-state index contributed by atoms with van der Waals surface area (Å²) in [5, 5.41) is 18.6. The molecule has 1 saturated heterocycles. The smallest absolute Gasteiger partial charge is 0.339 e. The molecule has 1 atom stereocenters. The first kappa shape index (κ1) is 21.7. The van der Waals surface area contributed by atoms with E-state index in [1.807, 2.05) is 37.3 Å². The van der Waals surface area contributed by atoms with Gasteiger partial charge in [0.15, 0.2) is 11.0 Å². The molecule has 0 spiro atoms. The van der Waals surface area contributed by atoms with Gasteiger partial charge in [-0.15, -0.1) is 0 Å². The molecular weight excluding hydrogens is 382 g/mol. The number of carboxylic acid groups (broad SMARTS) is 1. The zero-order valence-corrected chi connectivity index (χ0v) is 17.3. The molecule has 1 fully saturated rings. The van der Waals surface area contributed by atoms with Crippen LogP contribution in [0.15, 0.2) is 57.7 Å². The SMILES string of the molecule is CC(O)N1CCCCC1.Cc1c(-c2ccccc2)oc2c(C(=O)O)cccc2c1=O. The predicted octanol–water partition coefficient (Wildman–Crippen LogP) is 4.28. The van der Waals surface area contributed by atoms with Gasteiger partial charge in [0.25, 0.3) is 0 Å². The molecule has 0 aliphatic carbocycles. The minimum atomic E-state index is -1.12. The molecule has 0 amide bonds. The normalized spacial score (nSPS) is 15.3. The Kier molecular flexibility index (Phi) is 7.03. The van der Waals surface area contributed by atoms with Gasteiger partial charge in [-0.2, -0.15) is 0 Å². The Hall–Kier alpha value is -2.96. The van der Waals surface area contributed by atoms with Crippen LogP contribution in [0.5, 0.6) is 0 Å². The predicted molar refractivity (Wildman–Crippen MR) is 117 cm³/mol. The van der Waals surface area contributed by atoms with Crippen molar-refractivity contribution in [1.82, 2.24) is 4.90 Å². The van der Waals surface area contributed by atoms with Gasteiger partial charge in [-0.25, -0.2) is 4.79 Å². The second-order valence-electron chi connectivity index (χ2n) is 7.47. The van der Waals surface area contributed by atoms with Gasteiger partial charge >= 0.3 is 5.97 Å². The fourth-order valence-electron chi connectivity index (χ4n) is 3.63. The number of para-hydroxylation sites is 1. The summed E-state index contributed by atoms with van der Waals surface area (Å²) in [6, 6.07) is 13.7. The highest BCUT2D eigenvalue weighted by Gasteiger charge is 2.17. The first-order valence-electron chi connectivity index (χ1n) is 10.2. The molecule has 1 aliphatic heterocycles. The molecule has 30 heavy (non-hydrogen) atoms. The van der Waals surface area contributed by atoms with E-state index in [1.165, 1.54) is 25.3 Å². The Morgan fingerprint density at radius 1 is 1.03 bits per heavy atom. The number of aliphatic hydroxyl groups is 1. The lowest BCUT2D eigenvalue weighted by Crippen LogP contribution is -2.36. The molecule has 4 rings (SSSR count). The van der Waals surface area contributed by atoms with Gasteiger partial charge < -0.3 is 14.6 Å². The van der Waals surface area contributed by atoms with E-state index in [1.54, 1.807) is 19.1 Å². The molecule has 0 bridgehead atoms. The largest absolute Gasteiger partial charge is 0.478 e. The van der Waals surface area contributed by atoms with E-state index < -0.39 is 5.97 Å². The zero-order valence-electron chi connectivity index (χ0n) is 17.3. The summed E-state index contributed by atoms with van der Waals surface area (Å²) in [5.74, 6) is -0.714. The van der Waals surface area contributed by atoms with Crippen LogP contribution in [0.25, 0.3) is 22.3 Å². The molecular formula is C24H27NO5. The fraction of sp³-hybridized carbons (Fsp3) is 0.333. The molecule has 2 heterocycles. The molecule has 2 aromatic carbocycles. The van der Waals surface area contributed by atoms with Crippen molar-refractivity contribution < 1.29 is 19.4 Å². The van der Waals surface area contributed by atoms with Crippen molar-refractivity contribution in [3.8, 4) is 11.3 Å². The standard InChI is InChI=1S/C17H12O4.C7H15NO/c1-10-14(18)12-8-5-9-13(17(19)20)16(12)21-15(10)11-6-3-2-4-7-11;1-7(9)8-5-3-2-4-6-8/h2-9H,1H3,(H,19,20);7,9H,2-6H2,1H3. The monoisotopic (exact) mass is 409 g/mol. The summed E-state index contributed by atoms with van der Waals surface area (Å²) >= 11 is 0. The summed E-state index contributed by atoms with van der Waals surface area (Å²) in [6.07, 6.45) is 3.62. The number of likely N-dealkylation sites (tertiary alicyclic amines) is 1. The number of benzene rings is 2. The molecule has 3 aromatic rings. The summed E-state index contributed by atoms with van der Waals surface area (Å²) < 4.78 is 5.77. The molecule has 6 nitrogen and oxygen atoms in total. The third-order valence-electron chi connectivity index (χ3n) is 5.33.